The van der Waals surface area contributed by atoms with Crippen LogP contribution >= 0.6 is 0 Å². The Kier molecular flexibility index (Phi) is 10.7. The van der Waals surface area contributed by atoms with E-state index in [2.05, 4.69) is 4.98 Å². The van der Waals surface area contributed by atoms with Crippen molar-refractivity contribution in [1.29, 1.82) is 0 Å². The van der Waals surface area contributed by atoms with Crippen molar-refractivity contribution in [2.24, 2.45) is 5.73 Å². The lowest BCUT2D eigenvalue weighted by atomic mass is 9.80. The van der Waals surface area contributed by atoms with Crippen LogP contribution in [-0.4, -0.2) is 65.7 Å². The van der Waals surface area contributed by atoms with Crippen molar-refractivity contribution in [3.8, 4) is 11.5 Å². The van der Waals surface area contributed by atoms with E-state index in [1.165, 1.54) is 0 Å². The predicted molar refractivity (Wildman–Crippen MR) is 171 cm³/mol. The number of aliphatic hydroxyl groups is 1. The molecule has 0 spiro atoms. The molecule has 3 aromatic carbocycles. The van der Waals surface area contributed by atoms with Crippen LogP contribution in [0, 0.1) is 0 Å². The zero-order valence-corrected chi connectivity index (χ0v) is 26.7. The zero-order valence-electron chi connectivity index (χ0n) is 26.7. The summed E-state index contributed by atoms with van der Waals surface area (Å²) in [5.74, 6) is -0.840. The third kappa shape index (κ3) is 7.62. The Hall–Kier alpha value is -4.76. The molecule has 2 heterocycles. The minimum Gasteiger partial charge on any atom is -0.497 e. The molecule has 1 aliphatic rings. The number of nitrogens with two attached hydrogens (primary N) is 1. The molecule has 1 aliphatic heterocycles. The van der Waals surface area contributed by atoms with Crippen molar-refractivity contribution in [3.63, 3.8) is 0 Å². The highest BCUT2D eigenvalue weighted by molar-refractivity contribution is 5.88. The van der Waals surface area contributed by atoms with Crippen molar-refractivity contribution in [3.05, 3.63) is 128 Å². The van der Waals surface area contributed by atoms with E-state index in [-0.39, 0.29) is 25.0 Å². The molecule has 4 N–H and O–H groups in total. The molecule has 1 aromatic heterocycles. The molecule has 4 aromatic rings. The standard InChI is InChI=1S/C35H36F3N3O8/c1-46-25-13-9-23(10-14-25)34(22-6-4-3-5-7-22,24-11-15-26(47-2)16-12-24)48-20-29-28(42)18-30(49-29)41-19-21(32(44)40-33(41)45)8-17-27(39)31(43)35(36,37)38/h3-7,9-16,19,27-30,42H,8,17-18,20,39H2,1-2H3,(H,40,44,45)/t27?,28-,29+,30+/m0/s1. The minimum absolute atomic E-state index is 0.0606. The quantitative estimate of drug-likeness (QED) is 0.179. The number of aliphatic hydroxyl groups excluding tert-OH is 1. The first-order valence-electron chi connectivity index (χ1n) is 15.4. The number of carbonyl (C=O) groups is 1. The highest BCUT2D eigenvalue weighted by atomic mass is 19.4. The third-order valence-electron chi connectivity index (χ3n) is 8.53. The van der Waals surface area contributed by atoms with Gasteiger partial charge in [0.1, 0.15) is 29.4 Å². The Balaban J connectivity index is 1.43. The third-order valence-corrected chi connectivity index (χ3v) is 8.53. The number of nitrogens with one attached hydrogen (secondary N) is 1. The van der Waals surface area contributed by atoms with Crippen LogP contribution in [0.1, 0.15) is 41.3 Å². The maximum Gasteiger partial charge on any atom is 0.451 e. The molecule has 1 saturated heterocycles. The molecule has 5 rings (SSSR count). The number of aromatic nitrogens is 2. The van der Waals surface area contributed by atoms with Gasteiger partial charge in [0.15, 0.2) is 0 Å². The van der Waals surface area contributed by atoms with Gasteiger partial charge in [0.05, 0.1) is 33.0 Å². The van der Waals surface area contributed by atoms with Crippen LogP contribution in [-0.2, 0) is 26.3 Å². The Morgan fingerprint density at radius 3 is 2.04 bits per heavy atom. The van der Waals surface area contributed by atoms with Crippen molar-refractivity contribution < 1.29 is 42.0 Å². The van der Waals surface area contributed by atoms with Crippen molar-refractivity contribution in [2.75, 3.05) is 20.8 Å². The molecule has 0 amide bonds. The van der Waals surface area contributed by atoms with Crippen molar-refractivity contribution in [2.45, 2.75) is 55.5 Å². The second kappa shape index (κ2) is 14.8. The number of alkyl halides is 3. The van der Waals surface area contributed by atoms with Gasteiger partial charge >= 0.3 is 11.9 Å². The SMILES string of the molecule is COc1ccc(C(OC[C@H]2O[C@@H](n3cc(CCC(N)C(=O)C(F)(F)F)c(=O)[nH]c3=O)C[C@@H]2O)(c2ccccc2)c2ccc(OC)cc2)cc1. The van der Waals surface area contributed by atoms with E-state index < -0.39 is 59.7 Å². The van der Waals surface area contributed by atoms with Gasteiger partial charge in [0.25, 0.3) is 11.3 Å². The lowest BCUT2D eigenvalue weighted by molar-refractivity contribution is -0.172. The molecular formula is C35H36F3N3O8. The number of rotatable bonds is 13. The molecule has 0 aliphatic carbocycles. The van der Waals surface area contributed by atoms with Gasteiger partial charge in [-0.3, -0.25) is 19.1 Å². The van der Waals surface area contributed by atoms with Crippen LogP contribution in [0.5, 0.6) is 11.5 Å². The summed E-state index contributed by atoms with van der Waals surface area (Å²) in [6, 6.07) is 22.3. The van der Waals surface area contributed by atoms with Gasteiger partial charge in [-0.2, -0.15) is 13.2 Å². The summed E-state index contributed by atoms with van der Waals surface area (Å²) in [5.41, 5.74) is 4.71. The molecule has 0 radical (unpaired) electrons. The first-order chi connectivity index (χ1) is 23.4. The van der Waals surface area contributed by atoms with Gasteiger partial charge in [-0.1, -0.05) is 54.6 Å². The molecule has 49 heavy (non-hydrogen) atoms. The van der Waals surface area contributed by atoms with Crippen molar-refractivity contribution in [1.82, 2.24) is 9.55 Å². The molecule has 0 saturated carbocycles. The molecule has 4 atom stereocenters. The average Bonchev–Trinajstić information content (AvgIpc) is 3.47. The van der Waals surface area contributed by atoms with Crippen LogP contribution in [0.2, 0.25) is 0 Å². The number of hydrogen-bond acceptors (Lipinski definition) is 9. The number of benzene rings is 3. The predicted octanol–water partition coefficient (Wildman–Crippen LogP) is 3.60. The van der Waals surface area contributed by atoms with Crippen LogP contribution in [0.4, 0.5) is 13.2 Å². The van der Waals surface area contributed by atoms with Crippen LogP contribution in [0.25, 0.3) is 0 Å². The maximum absolute atomic E-state index is 12.8. The number of carbonyl (C=O) groups excluding carboxylic acids is 1. The second-order valence-corrected chi connectivity index (χ2v) is 11.6. The maximum atomic E-state index is 12.8. The molecular weight excluding hydrogens is 647 g/mol. The van der Waals surface area contributed by atoms with Gasteiger partial charge in [-0.15, -0.1) is 0 Å². The number of methoxy groups -OCH3 is 2. The van der Waals surface area contributed by atoms with E-state index >= 15 is 0 Å². The molecule has 0 bridgehead atoms. The van der Waals surface area contributed by atoms with Gasteiger partial charge in [0, 0.05) is 18.2 Å². The topological polar surface area (TPSA) is 155 Å². The number of ether oxygens (including phenoxy) is 4. The Labute approximate surface area is 279 Å². The number of halogens is 3. The fraction of sp³-hybridized carbons (Fsp3) is 0.343. The van der Waals surface area contributed by atoms with Crippen LogP contribution in [0.3, 0.4) is 0 Å². The molecule has 11 nitrogen and oxygen atoms in total. The largest absolute Gasteiger partial charge is 0.497 e. The van der Waals surface area contributed by atoms with E-state index in [1.54, 1.807) is 14.2 Å². The lowest BCUT2D eigenvalue weighted by Crippen LogP contribution is -2.41. The molecule has 1 unspecified atom stereocenters. The van der Waals surface area contributed by atoms with Gasteiger partial charge in [-0.05, 0) is 53.8 Å². The number of nitrogens with zero attached hydrogens (tertiary/aromatic N) is 1. The lowest BCUT2D eigenvalue weighted by Gasteiger charge is -2.37. The highest BCUT2D eigenvalue weighted by Gasteiger charge is 2.43. The van der Waals surface area contributed by atoms with E-state index in [0.29, 0.717) is 11.5 Å². The summed E-state index contributed by atoms with van der Waals surface area (Å²) in [7, 11) is 3.13. The van der Waals surface area contributed by atoms with Crippen molar-refractivity contribution >= 4 is 5.78 Å². The summed E-state index contributed by atoms with van der Waals surface area (Å²) < 4.78 is 63.1. The second-order valence-electron chi connectivity index (χ2n) is 11.6. The smallest absolute Gasteiger partial charge is 0.451 e. The Morgan fingerprint density at radius 2 is 1.51 bits per heavy atom. The van der Waals surface area contributed by atoms with Crippen LogP contribution < -0.4 is 26.5 Å². The Morgan fingerprint density at radius 1 is 0.959 bits per heavy atom. The fourth-order valence-electron chi connectivity index (χ4n) is 5.89. The first kappa shape index (κ1) is 35.5. The summed E-state index contributed by atoms with van der Waals surface area (Å²) in [5, 5.41) is 11.1. The zero-order chi connectivity index (χ0) is 35.3. The van der Waals surface area contributed by atoms with E-state index in [4.69, 9.17) is 24.7 Å². The molecule has 14 heteroatoms. The average molecular weight is 684 g/mol. The summed E-state index contributed by atoms with van der Waals surface area (Å²) in [6.07, 6.45) is -7.93. The first-order valence-corrected chi connectivity index (χ1v) is 15.4. The van der Waals surface area contributed by atoms with Gasteiger partial charge in [0.2, 0.25) is 0 Å². The number of Topliss-reactive ketones (excluding diaryl/α,β-unsaturated/α-hetero) is 1. The highest BCUT2D eigenvalue weighted by Crippen LogP contribution is 2.42. The van der Waals surface area contributed by atoms with E-state index in [0.717, 1.165) is 27.5 Å². The molecule has 1 fully saturated rings. The Bertz CT molecular complexity index is 1800. The number of H-pyrrole nitrogens is 1. The van der Waals surface area contributed by atoms with Gasteiger partial charge < -0.3 is 29.8 Å². The number of hydrogen-bond donors (Lipinski definition) is 3. The van der Waals surface area contributed by atoms with E-state index in [1.807, 2.05) is 78.9 Å². The monoisotopic (exact) mass is 683 g/mol. The van der Waals surface area contributed by atoms with Gasteiger partial charge in [-0.25, -0.2) is 4.79 Å². The number of ketones is 1. The number of aryl methyl sites for hydroxylation is 1. The molecule has 260 valence electrons. The minimum atomic E-state index is -5.12. The summed E-state index contributed by atoms with van der Waals surface area (Å²) >= 11 is 0. The summed E-state index contributed by atoms with van der Waals surface area (Å²) in [6.45, 7) is -0.149. The summed E-state index contributed by atoms with van der Waals surface area (Å²) in [4.78, 5) is 38.9. The van der Waals surface area contributed by atoms with E-state index in [9.17, 15) is 32.7 Å². The number of aromatic amines is 1. The fourth-order valence-corrected chi connectivity index (χ4v) is 5.89. The van der Waals surface area contributed by atoms with Crippen LogP contribution in [0.15, 0.2) is 94.6 Å². The normalized spacial score (nSPS) is 18.6.